The van der Waals surface area contributed by atoms with Crippen molar-refractivity contribution < 1.29 is 13.9 Å². The van der Waals surface area contributed by atoms with Crippen LogP contribution in [0.15, 0.2) is 42.5 Å². The van der Waals surface area contributed by atoms with Crippen molar-refractivity contribution in [2.24, 2.45) is 0 Å². The molecular weight excluding hydrogens is 246 g/mol. The van der Waals surface area contributed by atoms with Crippen molar-refractivity contribution in [3.63, 3.8) is 0 Å². The summed E-state index contributed by atoms with van der Waals surface area (Å²) in [6.45, 7) is 3.60. The molecule has 0 saturated heterocycles. The maximum atomic E-state index is 13.1. The molecule has 2 aromatic rings. The molecule has 0 fully saturated rings. The van der Waals surface area contributed by atoms with Crippen LogP contribution in [0.4, 0.5) is 8.78 Å². The second-order valence-electron chi connectivity index (χ2n) is 5.09. The van der Waals surface area contributed by atoms with E-state index in [0.29, 0.717) is 5.56 Å². The third-order valence-corrected chi connectivity index (χ3v) is 3.14. The molecule has 2 aromatic carbocycles. The number of hydrogen-bond acceptors (Lipinski definition) is 1. The van der Waals surface area contributed by atoms with E-state index in [0.717, 1.165) is 17.2 Å². The zero-order chi connectivity index (χ0) is 14.0. The highest BCUT2D eigenvalue weighted by Crippen LogP contribution is 2.26. The second-order valence-corrected chi connectivity index (χ2v) is 5.09. The molecule has 19 heavy (non-hydrogen) atoms. The van der Waals surface area contributed by atoms with Gasteiger partial charge in [0, 0.05) is 12.5 Å². The van der Waals surface area contributed by atoms with E-state index in [1.807, 2.05) is 31.2 Å². The van der Waals surface area contributed by atoms with Crippen LogP contribution >= 0.6 is 0 Å². The van der Waals surface area contributed by atoms with E-state index in [2.05, 4.69) is 0 Å². The van der Waals surface area contributed by atoms with Crippen molar-refractivity contribution in [2.45, 2.75) is 25.9 Å². The fourth-order valence-electron chi connectivity index (χ4n) is 2.13. The molecule has 1 nitrogen and oxygen atoms in total. The molecule has 0 aromatic heterocycles. The first-order valence-corrected chi connectivity index (χ1v) is 6.11. The van der Waals surface area contributed by atoms with E-state index in [1.165, 1.54) is 12.1 Å². The van der Waals surface area contributed by atoms with Gasteiger partial charge < -0.3 is 5.11 Å². The third kappa shape index (κ3) is 3.38. The Morgan fingerprint density at radius 1 is 1.00 bits per heavy atom. The highest BCUT2D eigenvalue weighted by atomic mass is 19.1. The average Bonchev–Trinajstić information content (AvgIpc) is 2.27. The van der Waals surface area contributed by atoms with E-state index in [9.17, 15) is 13.9 Å². The SMILES string of the molecule is Cc1ccc(C(C)(O)Cc2cc(F)cc(F)c2)cc1. The Bertz CT molecular complexity index is 554. The van der Waals surface area contributed by atoms with Crippen LogP contribution in [0.1, 0.15) is 23.6 Å². The molecule has 0 heterocycles. The summed E-state index contributed by atoms with van der Waals surface area (Å²) >= 11 is 0. The van der Waals surface area contributed by atoms with Crippen LogP contribution in [0.5, 0.6) is 0 Å². The lowest BCUT2D eigenvalue weighted by atomic mass is 9.88. The fraction of sp³-hybridized carbons (Fsp3) is 0.250. The number of aliphatic hydroxyl groups is 1. The molecule has 0 aliphatic carbocycles. The van der Waals surface area contributed by atoms with Gasteiger partial charge in [0.05, 0.1) is 5.60 Å². The highest BCUT2D eigenvalue weighted by molar-refractivity contribution is 5.29. The first kappa shape index (κ1) is 13.7. The van der Waals surface area contributed by atoms with Crippen LogP contribution in [-0.2, 0) is 12.0 Å². The zero-order valence-electron chi connectivity index (χ0n) is 11.0. The van der Waals surface area contributed by atoms with E-state index >= 15 is 0 Å². The predicted octanol–water partition coefficient (Wildman–Crippen LogP) is 3.72. The Morgan fingerprint density at radius 3 is 2.05 bits per heavy atom. The maximum absolute atomic E-state index is 13.1. The van der Waals surface area contributed by atoms with Gasteiger partial charge in [-0.2, -0.15) is 0 Å². The first-order chi connectivity index (χ1) is 8.87. The van der Waals surface area contributed by atoms with Gasteiger partial charge in [-0.15, -0.1) is 0 Å². The number of halogens is 2. The lowest BCUT2D eigenvalue weighted by molar-refractivity contribution is 0.0575. The Hall–Kier alpha value is -1.74. The van der Waals surface area contributed by atoms with E-state index in [-0.39, 0.29) is 6.42 Å². The molecule has 3 heteroatoms. The second kappa shape index (κ2) is 5.10. The Balaban J connectivity index is 2.27. The number of rotatable bonds is 3. The van der Waals surface area contributed by atoms with Crippen molar-refractivity contribution >= 4 is 0 Å². The molecule has 1 unspecified atom stereocenters. The topological polar surface area (TPSA) is 20.2 Å². The average molecular weight is 262 g/mol. The number of hydrogen-bond donors (Lipinski definition) is 1. The van der Waals surface area contributed by atoms with E-state index in [4.69, 9.17) is 0 Å². The Labute approximate surface area is 111 Å². The van der Waals surface area contributed by atoms with Crippen LogP contribution in [-0.4, -0.2) is 5.11 Å². The molecule has 1 atom stereocenters. The van der Waals surface area contributed by atoms with Gasteiger partial charge >= 0.3 is 0 Å². The highest BCUT2D eigenvalue weighted by Gasteiger charge is 2.23. The molecule has 0 aliphatic heterocycles. The minimum atomic E-state index is -1.16. The molecule has 0 bridgehead atoms. The van der Waals surface area contributed by atoms with Crippen molar-refractivity contribution in [1.29, 1.82) is 0 Å². The maximum Gasteiger partial charge on any atom is 0.126 e. The first-order valence-electron chi connectivity index (χ1n) is 6.11. The summed E-state index contributed by atoms with van der Waals surface area (Å²) in [7, 11) is 0. The van der Waals surface area contributed by atoms with Crippen molar-refractivity contribution in [3.05, 3.63) is 70.8 Å². The smallest absolute Gasteiger partial charge is 0.126 e. The summed E-state index contributed by atoms with van der Waals surface area (Å²) in [5.41, 5.74) is 1.09. The summed E-state index contributed by atoms with van der Waals surface area (Å²) in [5.74, 6) is -1.26. The van der Waals surface area contributed by atoms with Crippen LogP contribution in [0.25, 0.3) is 0 Å². The van der Waals surface area contributed by atoms with Gasteiger partial charge in [-0.3, -0.25) is 0 Å². The largest absolute Gasteiger partial charge is 0.385 e. The molecule has 0 aliphatic rings. The number of benzene rings is 2. The van der Waals surface area contributed by atoms with Gasteiger partial charge in [0.1, 0.15) is 11.6 Å². The molecule has 100 valence electrons. The third-order valence-electron chi connectivity index (χ3n) is 3.14. The number of aryl methyl sites for hydroxylation is 1. The quantitative estimate of drug-likeness (QED) is 0.893. The lowest BCUT2D eigenvalue weighted by Crippen LogP contribution is -2.24. The minimum absolute atomic E-state index is 0.157. The van der Waals surface area contributed by atoms with Crippen LogP contribution < -0.4 is 0 Å². The van der Waals surface area contributed by atoms with Gasteiger partial charge in [0.25, 0.3) is 0 Å². The molecule has 2 rings (SSSR count). The summed E-state index contributed by atoms with van der Waals surface area (Å²) in [6.07, 6.45) is 0.157. The molecule has 0 saturated carbocycles. The molecule has 0 radical (unpaired) electrons. The summed E-state index contributed by atoms with van der Waals surface area (Å²) in [4.78, 5) is 0. The molecule has 1 N–H and O–H groups in total. The molecule has 0 spiro atoms. The zero-order valence-corrected chi connectivity index (χ0v) is 11.0. The van der Waals surface area contributed by atoms with Crippen LogP contribution in [0.3, 0.4) is 0 Å². The van der Waals surface area contributed by atoms with Gasteiger partial charge in [0.15, 0.2) is 0 Å². The van der Waals surface area contributed by atoms with Gasteiger partial charge in [-0.25, -0.2) is 8.78 Å². The van der Waals surface area contributed by atoms with Crippen LogP contribution in [0, 0.1) is 18.6 Å². The standard InChI is InChI=1S/C16H16F2O/c1-11-3-5-13(6-4-11)16(2,19)10-12-7-14(17)9-15(18)8-12/h3-9,19H,10H2,1-2H3. The Morgan fingerprint density at radius 2 is 1.53 bits per heavy atom. The lowest BCUT2D eigenvalue weighted by Gasteiger charge is -2.24. The van der Waals surface area contributed by atoms with Crippen molar-refractivity contribution in [2.75, 3.05) is 0 Å². The van der Waals surface area contributed by atoms with Gasteiger partial charge in [-0.05, 0) is 37.1 Å². The fourth-order valence-corrected chi connectivity index (χ4v) is 2.13. The van der Waals surface area contributed by atoms with Crippen LogP contribution in [0.2, 0.25) is 0 Å². The minimum Gasteiger partial charge on any atom is -0.385 e. The normalized spacial score (nSPS) is 14.2. The van der Waals surface area contributed by atoms with Crippen molar-refractivity contribution in [1.82, 2.24) is 0 Å². The summed E-state index contributed by atoms with van der Waals surface area (Å²) < 4.78 is 26.3. The monoisotopic (exact) mass is 262 g/mol. The summed E-state index contributed by atoms with van der Waals surface area (Å²) in [6, 6.07) is 10.8. The Kier molecular flexibility index (Phi) is 3.67. The van der Waals surface area contributed by atoms with E-state index in [1.54, 1.807) is 6.92 Å². The summed E-state index contributed by atoms with van der Waals surface area (Å²) in [5, 5.41) is 10.5. The predicted molar refractivity (Wildman–Crippen MR) is 70.8 cm³/mol. The van der Waals surface area contributed by atoms with Gasteiger partial charge in [0.2, 0.25) is 0 Å². The molecule has 0 amide bonds. The van der Waals surface area contributed by atoms with Gasteiger partial charge in [-0.1, -0.05) is 29.8 Å². The van der Waals surface area contributed by atoms with E-state index < -0.39 is 17.2 Å². The van der Waals surface area contributed by atoms with Crippen molar-refractivity contribution in [3.8, 4) is 0 Å². The molecular formula is C16H16F2O.